The van der Waals surface area contributed by atoms with Crippen LogP contribution in [-0.4, -0.2) is 54.8 Å². The molecule has 0 radical (unpaired) electrons. The normalized spacial score (nSPS) is 9.94. The van der Waals surface area contributed by atoms with Crippen LogP contribution in [0.15, 0.2) is 12.3 Å². The fourth-order valence-corrected chi connectivity index (χ4v) is 1.15. The Morgan fingerprint density at radius 1 is 1.18 bits per heavy atom. The Kier molecular flexibility index (Phi) is 15.9. The van der Waals surface area contributed by atoms with Gasteiger partial charge in [-0.3, -0.25) is 9.59 Å². The molecule has 0 bridgehead atoms. The van der Waals surface area contributed by atoms with E-state index < -0.39 is 11.9 Å². The molecule has 0 atom stereocenters. The minimum atomic E-state index is -0.986. The molecule has 0 aromatic heterocycles. The molecule has 96 valence electrons. The van der Waals surface area contributed by atoms with Crippen LogP contribution in [0.4, 0.5) is 0 Å². The minimum absolute atomic E-state index is 0. The average Bonchev–Trinajstić information content (AvgIpc) is 2.25. The predicted octanol–water partition coefficient (Wildman–Crippen LogP) is 1.96. The monoisotopic (exact) mass is 270 g/mol. The number of carbonyl (C=O) groups is 2. The molecule has 0 saturated heterocycles. The van der Waals surface area contributed by atoms with Crippen molar-refractivity contribution in [2.45, 2.75) is 51.9 Å². The van der Waals surface area contributed by atoms with Gasteiger partial charge in [0, 0.05) is 0 Å². The number of carboxylic acids is 1. The van der Waals surface area contributed by atoms with Gasteiger partial charge in [0.25, 0.3) is 0 Å². The van der Waals surface area contributed by atoms with Gasteiger partial charge in [0.1, 0.15) is 0 Å². The van der Waals surface area contributed by atoms with E-state index in [1.807, 2.05) is 0 Å². The summed E-state index contributed by atoms with van der Waals surface area (Å²) in [6.07, 6.45) is 8.51. The molecular weight excluding hydrogens is 248 g/mol. The summed E-state index contributed by atoms with van der Waals surface area (Å²) in [5, 5.41) is 8.33. The second kappa shape index (κ2) is 14.0. The number of ether oxygens (including phenoxy) is 1. The zero-order valence-electron chi connectivity index (χ0n) is 9.78. The van der Waals surface area contributed by atoms with E-state index in [-0.39, 0.29) is 50.6 Å². The summed E-state index contributed by atoms with van der Waals surface area (Å²) in [6, 6.07) is 0. The van der Waals surface area contributed by atoms with E-state index >= 15 is 0 Å². The molecule has 1 N–H and O–H groups in total. The van der Waals surface area contributed by atoms with Gasteiger partial charge in [-0.1, -0.05) is 26.2 Å². The van der Waals surface area contributed by atoms with Crippen molar-refractivity contribution in [3.63, 3.8) is 0 Å². The van der Waals surface area contributed by atoms with Gasteiger partial charge in [-0.05, 0) is 18.9 Å². The van der Waals surface area contributed by atoms with Crippen LogP contribution in [0.2, 0.25) is 0 Å². The molecular formula is C12H22CaO4. The molecule has 0 fully saturated rings. The van der Waals surface area contributed by atoms with Gasteiger partial charge in [-0.15, -0.1) is 0 Å². The molecule has 0 aliphatic rings. The van der Waals surface area contributed by atoms with Gasteiger partial charge in [0.05, 0.1) is 19.1 Å². The van der Waals surface area contributed by atoms with Gasteiger partial charge >= 0.3 is 49.7 Å². The number of allylic oxidation sites excluding steroid dienone is 1. The van der Waals surface area contributed by atoms with Crippen LogP contribution >= 0.6 is 0 Å². The number of esters is 1. The molecule has 0 spiro atoms. The van der Waals surface area contributed by atoms with E-state index in [1.165, 1.54) is 25.5 Å². The van der Waals surface area contributed by atoms with E-state index in [2.05, 4.69) is 6.92 Å². The Morgan fingerprint density at radius 3 is 2.47 bits per heavy atom. The van der Waals surface area contributed by atoms with Gasteiger partial charge in [-0.25, -0.2) is 0 Å². The summed E-state index contributed by atoms with van der Waals surface area (Å²) in [4.78, 5) is 21.1. The first-order valence-corrected chi connectivity index (χ1v) is 5.73. The topological polar surface area (TPSA) is 63.6 Å². The Bertz CT molecular complexity index is 239. The number of aliphatic carboxylic acids is 1. The van der Waals surface area contributed by atoms with Crippen LogP contribution in [0.5, 0.6) is 0 Å². The van der Waals surface area contributed by atoms with Crippen LogP contribution in [0, 0.1) is 0 Å². The molecule has 0 aliphatic heterocycles. The van der Waals surface area contributed by atoms with Crippen molar-refractivity contribution in [1.29, 1.82) is 0 Å². The Labute approximate surface area is 132 Å². The van der Waals surface area contributed by atoms with Crippen molar-refractivity contribution in [1.82, 2.24) is 0 Å². The predicted molar refractivity (Wildman–Crippen MR) is 69.4 cm³/mol. The third-order valence-corrected chi connectivity index (χ3v) is 2.06. The zero-order chi connectivity index (χ0) is 12.2. The van der Waals surface area contributed by atoms with E-state index in [1.54, 1.807) is 6.08 Å². The third kappa shape index (κ3) is 15.9. The first-order chi connectivity index (χ1) is 7.66. The molecule has 0 rings (SSSR count). The van der Waals surface area contributed by atoms with Gasteiger partial charge in [0.2, 0.25) is 0 Å². The molecule has 0 aromatic carbocycles. The van der Waals surface area contributed by atoms with E-state index in [0.717, 1.165) is 12.8 Å². The zero-order valence-corrected chi connectivity index (χ0v) is 9.78. The molecule has 5 heteroatoms. The number of unbranched alkanes of at least 4 members (excludes halogenated alkanes) is 4. The van der Waals surface area contributed by atoms with Gasteiger partial charge < -0.3 is 9.84 Å². The summed E-state index contributed by atoms with van der Waals surface area (Å²) in [5.41, 5.74) is 0. The average molecular weight is 270 g/mol. The molecule has 0 saturated carbocycles. The fraction of sp³-hybridized carbons (Fsp3) is 0.667. The SMILES string of the molecule is CCCCCCC=COC(=O)CCC(=O)O.[CaH2]. The summed E-state index contributed by atoms with van der Waals surface area (Å²) < 4.78 is 4.72. The van der Waals surface area contributed by atoms with E-state index in [4.69, 9.17) is 9.84 Å². The molecule has 0 aromatic rings. The van der Waals surface area contributed by atoms with Crippen molar-refractivity contribution in [3.8, 4) is 0 Å². The van der Waals surface area contributed by atoms with Crippen LogP contribution in [-0.2, 0) is 14.3 Å². The van der Waals surface area contributed by atoms with Crippen LogP contribution in [0.25, 0.3) is 0 Å². The first-order valence-electron chi connectivity index (χ1n) is 5.73. The number of hydrogen-bond donors (Lipinski definition) is 1. The maximum absolute atomic E-state index is 10.9. The number of hydrogen-bond acceptors (Lipinski definition) is 3. The second-order valence-corrected chi connectivity index (χ2v) is 3.60. The van der Waals surface area contributed by atoms with Crippen molar-refractivity contribution < 1.29 is 19.4 Å². The van der Waals surface area contributed by atoms with Gasteiger partial charge in [-0.2, -0.15) is 0 Å². The standard InChI is InChI=1S/C12H20O4.Ca.2H/c1-2-3-4-5-6-7-10-16-12(15)9-8-11(13)14;;;/h7,10H,2-6,8-9H2,1H3,(H,13,14);;;. The quantitative estimate of drug-likeness (QED) is 0.301. The summed E-state index contributed by atoms with van der Waals surface area (Å²) in [7, 11) is 0. The van der Waals surface area contributed by atoms with Crippen molar-refractivity contribution in [3.05, 3.63) is 12.3 Å². The second-order valence-electron chi connectivity index (χ2n) is 3.60. The summed E-state index contributed by atoms with van der Waals surface area (Å²) in [5.74, 6) is -1.48. The van der Waals surface area contributed by atoms with Crippen LogP contribution in [0.3, 0.4) is 0 Å². The van der Waals surface area contributed by atoms with Gasteiger partial charge in [0.15, 0.2) is 0 Å². The maximum atomic E-state index is 10.9. The van der Waals surface area contributed by atoms with E-state index in [0.29, 0.717) is 0 Å². The van der Waals surface area contributed by atoms with Crippen molar-refractivity contribution in [2.24, 2.45) is 0 Å². The van der Waals surface area contributed by atoms with Crippen molar-refractivity contribution in [2.75, 3.05) is 0 Å². The number of carboxylic acid groups (broad SMARTS) is 1. The van der Waals surface area contributed by atoms with Crippen molar-refractivity contribution >= 4 is 49.7 Å². The molecule has 0 unspecified atom stereocenters. The first kappa shape index (κ1) is 19.3. The molecule has 17 heavy (non-hydrogen) atoms. The summed E-state index contributed by atoms with van der Waals surface area (Å²) in [6.45, 7) is 2.15. The third-order valence-electron chi connectivity index (χ3n) is 2.06. The molecule has 0 aliphatic carbocycles. The Balaban J connectivity index is 0. The molecule has 0 heterocycles. The van der Waals surface area contributed by atoms with Crippen LogP contribution < -0.4 is 0 Å². The molecule has 4 nitrogen and oxygen atoms in total. The Morgan fingerprint density at radius 2 is 1.88 bits per heavy atom. The van der Waals surface area contributed by atoms with E-state index in [9.17, 15) is 9.59 Å². The fourth-order valence-electron chi connectivity index (χ4n) is 1.15. The molecule has 0 amide bonds. The van der Waals surface area contributed by atoms with Crippen LogP contribution in [0.1, 0.15) is 51.9 Å². The number of rotatable bonds is 9. The number of carbonyl (C=O) groups excluding carboxylic acids is 1. The summed E-state index contributed by atoms with van der Waals surface area (Å²) >= 11 is 0. The Hall–Kier alpha value is -0.0603.